The van der Waals surface area contributed by atoms with Crippen molar-refractivity contribution in [1.29, 1.82) is 0 Å². The second-order valence-electron chi connectivity index (χ2n) is 4.55. The number of benzene rings is 1. The van der Waals surface area contributed by atoms with Gasteiger partial charge < -0.3 is 10.1 Å². The Labute approximate surface area is 120 Å². The number of anilines is 1. The second kappa shape index (κ2) is 6.37. The summed E-state index contributed by atoms with van der Waals surface area (Å²) in [5.74, 6) is 2.40. The topological polar surface area (TPSA) is 47.0 Å². The number of aromatic nitrogens is 2. The maximum absolute atomic E-state index is 5.40. The van der Waals surface area contributed by atoms with E-state index in [4.69, 9.17) is 4.74 Å². The Morgan fingerprint density at radius 1 is 1.15 bits per heavy atom. The predicted octanol–water partition coefficient (Wildman–Crippen LogP) is 3.45. The summed E-state index contributed by atoms with van der Waals surface area (Å²) < 4.78 is 5.40. The van der Waals surface area contributed by atoms with Gasteiger partial charge in [0.25, 0.3) is 0 Å². The van der Waals surface area contributed by atoms with Crippen molar-refractivity contribution in [2.45, 2.75) is 27.2 Å². The lowest BCUT2D eigenvalue weighted by atomic mass is 10.1. The first-order valence-corrected chi connectivity index (χ1v) is 6.96. The van der Waals surface area contributed by atoms with Crippen molar-refractivity contribution in [3.63, 3.8) is 0 Å². The summed E-state index contributed by atoms with van der Waals surface area (Å²) in [7, 11) is 1.67. The van der Waals surface area contributed by atoms with Crippen LogP contribution in [0.2, 0.25) is 0 Å². The Balaban J connectivity index is 2.59. The Bertz CT molecular complexity index is 596. The van der Waals surface area contributed by atoms with E-state index in [2.05, 4.69) is 36.1 Å². The van der Waals surface area contributed by atoms with Crippen LogP contribution in [0.1, 0.15) is 25.1 Å². The molecule has 0 aliphatic carbocycles. The molecule has 0 amide bonds. The summed E-state index contributed by atoms with van der Waals surface area (Å²) in [6.45, 7) is 7.07. The Morgan fingerprint density at radius 3 is 2.55 bits per heavy atom. The molecule has 0 unspecified atom stereocenters. The Hall–Kier alpha value is -2.10. The fourth-order valence-electron chi connectivity index (χ4n) is 2.20. The lowest BCUT2D eigenvalue weighted by Gasteiger charge is -2.14. The molecule has 106 valence electrons. The smallest absolute Gasteiger partial charge is 0.165 e. The Morgan fingerprint density at radius 2 is 1.90 bits per heavy atom. The average molecular weight is 271 g/mol. The van der Waals surface area contributed by atoms with Gasteiger partial charge in [0.05, 0.1) is 12.7 Å². The van der Waals surface area contributed by atoms with Gasteiger partial charge in [0.15, 0.2) is 5.82 Å². The van der Waals surface area contributed by atoms with Gasteiger partial charge in [-0.1, -0.05) is 19.1 Å². The molecule has 0 aliphatic rings. The molecule has 0 saturated carbocycles. The van der Waals surface area contributed by atoms with E-state index in [-0.39, 0.29) is 0 Å². The van der Waals surface area contributed by atoms with E-state index in [1.54, 1.807) is 7.11 Å². The minimum atomic E-state index is 0.709. The van der Waals surface area contributed by atoms with Crippen LogP contribution in [0.15, 0.2) is 24.3 Å². The highest BCUT2D eigenvalue weighted by Gasteiger charge is 2.13. The van der Waals surface area contributed by atoms with Crippen LogP contribution in [-0.2, 0) is 6.42 Å². The SMILES string of the molecule is CCNc1nc(-c2ccccc2OC)nc(CC)c1C. The van der Waals surface area contributed by atoms with Crippen LogP contribution in [0.4, 0.5) is 5.82 Å². The summed E-state index contributed by atoms with van der Waals surface area (Å²) in [6, 6.07) is 7.83. The van der Waals surface area contributed by atoms with Crippen molar-refractivity contribution in [3.8, 4) is 17.1 Å². The van der Waals surface area contributed by atoms with E-state index < -0.39 is 0 Å². The lowest BCUT2D eigenvalue weighted by molar-refractivity contribution is 0.416. The molecule has 0 spiro atoms. The highest BCUT2D eigenvalue weighted by molar-refractivity contribution is 5.66. The largest absolute Gasteiger partial charge is 0.496 e. The van der Waals surface area contributed by atoms with E-state index in [1.165, 1.54) is 0 Å². The molecule has 1 heterocycles. The third kappa shape index (κ3) is 2.74. The number of hydrogen-bond donors (Lipinski definition) is 1. The van der Waals surface area contributed by atoms with E-state index in [1.807, 2.05) is 24.3 Å². The van der Waals surface area contributed by atoms with E-state index in [9.17, 15) is 0 Å². The quantitative estimate of drug-likeness (QED) is 0.904. The van der Waals surface area contributed by atoms with Gasteiger partial charge in [0.1, 0.15) is 11.6 Å². The molecule has 2 rings (SSSR count). The van der Waals surface area contributed by atoms with Crippen LogP contribution < -0.4 is 10.1 Å². The summed E-state index contributed by atoms with van der Waals surface area (Å²) in [4.78, 5) is 9.33. The molecule has 20 heavy (non-hydrogen) atoms. The second-order valence-corrected chi connectivity index (χ2v) is 4.55. The number of para-hydroxylation sites is 1. The van der Waals surface area contributed by atoms with E-state index in [0.717, 1.165) is 41.4 Å². The minimum Gasteiger partial charge on any atom is -0.496 e. The molecule has 1 aromatic heterocycles. The van der Waals surface area contributed by atoms with Gasteiger partial charge >= 0.3 is 0 Å². The van der Waals surface area contributed by atoms with Gasteiger partial charge in [0, 0.05) is 17.8 Å². The molecule has 0 saturated heterocycles. The van der Waals surface area contributed by atoms with Crippen molar-refractivity contribution >= 4 is 5.82 Å². The average Bonchev–Trinajstić information content (AvgIpc) is 2.49. The number of rotatable bonds is 5. The van der Waals surface area contributed by atoms with Crippen LogP contribution >= 0.6 is 0 Å². The maximum Gasteiger partial charge on any atom is 0.165 e. The van der Waals surface area contributed by atoms with Crippen LogP contribution in [0.5, 0.6) is 5.75 Å². The molecule has 0 atom stereocenters. The summed E-state index contributed by atoms with van der Waals surface area (Å²) in [6.07, 6.45) is 0.884. The predicted molar refractivity (Wildman–Crippen MR) is 82.3 cm³/mol. The van der Waals surface area contributed by atoms with Gasteiger partial charge in [-0.25, -0.2) is 9.97 Å². The number of aryl methyl sites for hydroxylation is 1. The molecular weight excluding hydrogens is 250 g/mol. The lowest BCUT2D eigenvalue weighted by Crippen LogP contribution is -2.07. The molecule has 0 radical (unpaired) electrons. The summed E-state index contributed by atoms with van der Waals surface area (Å²) in [5, 5.41) is 3.31. The zero-order valence-electron chi connectivity index (χ0n) is 12.5. The fourth-order valence-corrected chi connectivity index (χ4v) is 2.20. The highest BCUT2D eigenvalue weighted by Crippen LogP contribution is 2.29. The molecular formula is C16H21N3O. The van der Waals surface area contributed by atoms with Crippen LogP contribution in [-0.4, -0.2) is 23.6 Å². The third-order valence-corrected chi connectivity index (χ3v) is 3.27. The van der Waals surface area contributed by atoms with Crippen molar-refractivity contribution < 1.29 is 4.74 Å². The minimum absolute atomic E-state index is 0.709. The first kappa shape index (κ1) is 14.3. The molecule has 0 bridgehead atoms. The zero-order valence-corrected chi connectivity index (χ0v) is 12.5. The van der Waals surface area contributed by atoms with Crippen LogP contribution in [0, 0.1) is 6.92 Å². The summed E-state index contributed by atoms with van der Waals surface area (Å²) >= 11 is 0. The summed E-state index contributed by atoms with van der Waals surface area (Å²) in [5.41, 5.74) is 3.11. The van der Waals surface area contributed by atoms with Crippen molar-refractivity contribution in [2.75, 3.05) is 19.0 Å². The number of methoxy groups -OCH3 is 1. The van der Waals surface area contributed by atoms with Gasteiger partial charge in [0.2, 0.25) is 0 Å². The maximum atomic E-state index is 5.40. The standard InChI is InChI=1S/C16H21N3O/c1-5-13-11(3)15(17-6-2)19-16(18-13)12-9-7-8-10-14(12)20-4/h7-10H,5-6H2,1-4H3,(H,17,18,19). The molecule has 1 aromatic carbocycles. The first-order chi connectivity index (χ1) is 9.71. The number of ether oxygens (including phenoxy) is 1. The number of nitrogens with one attached hydrogen (secondary N) is 1. The molecule has 4 nitrogen and oxygen atoms in total. The van der Waals surface area contributed by atoms with Gasteiger partial charge in [-0.3, -0.25) is 0 Å². The first-order valence-electron chi connectivity index (χ1n) is 6.96. The molecule has 0 fully saturated rings. The van der Waals surface area contributed by atoms with Gasteiger partial charge in [-0.2, -0.15) is 0 Å². The van der Waals surface area contributed by atoms with E-state index in [0.29, 0.717) is 5.82 Å². The normalized spacial score (nSPS) is 10.4. The van der Waals surface area contributed by atoms with Crippen molar-refractivity contribution in [3.05, 3.63) is 35.5 Å². The molecule has 0 aliphatic heterocycles. The van der Waals surface area contributed by atoms with E-state index >= 15 is 0 Å². The molecule has 4 heteroatoms. The van der Waals surface area contributed by atoms with Crippen LogP contribution in [0.25, 0.3) is 11.4 Å². The number of nitrogens with zero attached hydrogens (tertiary/aromatic N) is 2. The fraction of sp³-hybridized carbons (Fsp3) is 0.375. The van der Waals surface area contributed by atoms with Gasteiger partial charge in [-0.15, -0.1) is 0 Å². The van der Waals surface area contributed by atoms with Crippen molar-refractivity contribution in [1.82, 2.24) is 9.97 Å². The van der Waals surface area contributed by atoms with Gasteiger partial charge in [-0.05, 0) is 32.4 Å². The highest BCUT2D eigenvalue weighted by atomic mass is 16.5. The Kier molecular flexibility index (Phi) is 4.56. The zero-order chi connectivity index (χ0) is 14.5. The monoisotopic (exact) mass is 271 g/mol. The van der Waals surface area contributed by atoms with Crippen molar-refractivity contribution in [2.24, 2.45) is 0 Å². The molecule has 2 aromatic rings. The third-order valence-electron chi connectivity index (χ3n) is 3.27. The number of hydrogen-bond acceptors (Lipinski definition) is 4. The molecule has 1 N–H and O–H groups in total. The van der Waals surface area contributed by atoms with Crippen LogP contribution in [0.3, 0.4) is 0 Å².